The molecule has 0 saturated heterocycles. The molecular formula is C25H34FN5O3. The van der Waals surface area contributed by atoms with E-state index >= 15 is 4.39 Å². The van der Waals surface area contributed by atoms with Crippen molar-refractivity contribution in [3.63, 3.8) is 0 Å². The third kappa shape index (κ3) is 4.29. The molecule has 0 radical (unpaired) electrons. The SMILES string of the molecule is Cc1nn(-c2cc(F)c(C(N)=O)c(NC3([C@H](N)C(=O)O)CCCCC3)c2)c2c1CCC(C)(C)C2. The Morgan fingerprint density at radius 1 is 1.21 bits per heavy atom. The van der Waals surface area contributed by atoms with Gasteiger partial charge in [-0.05, 0) is 56.1 Å². The van der Waals surface area contributed by atoms with E-state index in [4.69, 9.17) is 16.6 Å². The number of hydrogen-bond acceptors (Lipinski definition) is 5. The van der Waals surface area contributed by atoms with Gasteiger partial charge in [-0.1, -0.05) is 33.1 Å². The minimum atomic E-state index is -1.22. The van der Waals surface area contributed by atoms with E-state index in [2.05, 4.69) is 19.2 Å². The molecule has 1 amide bonds. The minimum absolute atomic E-state index is 0.0877. The van der Waals surface area contributed by atoms with Gasteiger partial charge in [-0.15, -0.1) is 0 Å². The molecule has 1 heterocycles. The van der Waals surface area contributed by atoms with Crippen LogP contribution in [-0.4, -0.2) is 38.3 Å². The number of carboxylic acids is 1. The Kier molecular flexibility index (Phi) is 6.18. The van der Waals surface area contributed by atoms with Gasteiger partial charge in [0.05, 0.1) is 28.2 Å². The van der Waals surface area contributed by atoms with E-state index in [0.717, 1.165) is 49.9 Å². The lowest BCUT2D eigenvalue weighted by Gasteiger charge is -2.42. The second kappa shape index (κ2) is 8.69. The van der Waals surface area contributed by atoms with Crippen LogP contribution in [0.4, 0.5) is 10.1 Å². The standard InChI is InChI=1S/C25H34FN5O3/c1-14-16-7-10-24(2,3)13-19(16)31(30-14)15-11-17(26)20(22(28)32)18(12-15)29-25(21(27)23(33)34)8-5-4-6-9-25/h11-12,21,29H,4-10,13,27H2,1-3H3,(H2,28,32)(H,33,34)/t21-/m1/s1. The number of benzene rings is 1. The Labute approximate surface area is 198 Å². The van der Waals surface area contributed by atoms with Gasteiger partial charge in [0.2, 0.25) is 0 Å². The summed E-state index contributed by atoms with van der Waals surface area (Å²) in [5.41, 5.74) is 14.2. The highest BCUT2D eigenvalue weighted by Crippen LogP contribution is 2.39. The molecule has 34 heavy (non-hydrogen) atoms. The first-order valence-corrected chi connectivity index (χ1v) is 11.9. The van der Waals surface area contributed by atoms with Crippen LogP contribution in [0.2, 0.25) is 0 Å². The number of halogens is 1. The first-order valence-electron chi connectivity index (χ1n) is 11.9. The zero-order valence-electron chi connectivity index (χ0n) is 20.1. The maximum Gasteiger partial charge on any atom is 0.322 e. The van der Waals surface area contributed by atoms with E-state index in [-0.39, 0.29) is 16.7 Å². The average Bonchev–Trinajstić information content (AvgIpc) is 3.07. The summed E-state index contributed by atoms with van der Waals surface area (Å²) in [7, 11) is 0. The number of nitrogens with one attached hydrogen (secondary N) is 1. The highest BCUT2D eigenvalue weighted by atomic mass is 19.1. The van der Waals surface area contributed by atoms with Crippen LogP contribution in [-0.2, 0) is 17.6 Å². The number of fused-ring (bicyclic) bond motifs is 1. The molecule has 4 rings (SSSR count). The molecular weight excluding hydrogens is 437 g/mol. The fourth-order valence-electron chi connectivity index (χ4n) is 5.60. The average molecular weight is 472 g/mol. The van der Waals surface area contributed by atoms with Gasteiger partial charge in [-0.3, -0.25) is 9.59 Å². The lowest BCUT2D eigenvalue weighted by atomic mass is 9.76. The zero-order chi connectivity index (χ0) is 24.8. The predicted octanol–water partition coefficient (Wildman–Crippen LogP) is 3.46. The number of primary amides is 1. The van der Waals surface area contributed by atoms with Crippen LogP contribution < -0.4 is 16.8 Å². The molecule has 9 heteroatoms. The molecule has 0 aliphatic heterocycles. The van der Waals surface area contributed by atoms with Gasteiger partial charge < -0.3 is 21.9 Å². The van der Waals surface area contributed by atoms with Gasteiger partial charge in [0.15, 0.2) is 0 Å². The van der Waals surface area contributed by atoms with Gasteiger partial charge >= 0.3 is 5.97 Å². The Balaban J connectivity index is 1.85. The van der Waals surface area contributed by atoms with Crippen LogP contribution in [0, 0.1) is 18.2 Å². The van der Waals surface area contributed by atoms with Crippen LogP contribution in [0.3, 0.4) is 0 Å². The quantitative estimate of drug-likeness (QED) is 0.509. The number of carboxylic acid groups (broad SMARTS) is 1. The maximum atomic E-state index is 15.3. The Bertz CT molecular complexity index is 1130. The summed E-state index contributed by atoms with van der Waals surface area (Å²) < 4.78 is 17.1. The number of carbonyl (C=O) groups is 2. The molecule has 1 aromatic carbocycles. The monoisotopic (exact) mass is 471 g/mol. The first-order chi connectivity index (χ1) is 15.9. The molecule has 0 spiro atoms. The van der Waals surface area contributed by atoms with Crippen molar-refractivity contribution >= 4 is 17.6 Å². The number of nitrogens with zero attached hydrogens (tertiary/aromatic N) is 2. The number of aromatic nitrogens is 2. The molecule has 1 atom stereocenters. The third-order valence-corrected chi connectivity index (χ3v) is 7.55. The van der Waals surface area contributed by atoms with Gasteiger partial charge in [0.25, 0.3) is 5.91 Å². The highest BCUT2D eigenvalue weighted by molar-refractivity contribution is 5.99. The van der Waals surface area contributed by atoms with Gasteiger partial charge in [-0.25, -0.2) is 9.07 Å². The summed E-state index contributed by atoms with van der Waals surface area (Å²) >= 11 is 0. The highest BCUT2D eigenvalue weighted by Gasteiger charge is 2.43. The molecule has 8 nitrogen and oxygen atoms in total. The normalized spacial score (nSPS) is 19.8. The van der Waals surface area contributed by atoms with Crippen molar-refractivity contribution in [3.8, 4) is 5.69 Å². The largest absolute Gasteiger partial charge is 0.480 e. The number of carbonyl (C=O) groups excluding carboxylic acids is 1. The van der Waals surface area contributed by atoms with E-state index in [1.807, 2.05) is 6.92 Å². The zero-order valence-corrected chi connectivity index (χ0v) is 20.1. The van der Waals surface area contributed by atoms with Crippen LogP contribution in [0.5, 0.6) is 0 Å². The molecule has 2 aromatic rings. The van der Waals surface area contributed by atoms with Crippen LogP contribution >= 0.6 is 0 Å². The number of rotatable bonds is 6. The molecule has 0 bridgehead atoms. The van der Waals surface area contributed by atoms with Gasteiger partial charge in [0, 0.05) is 11.8 Å². The van der Waals surface area contributed by atoms with Crippen molar-refractivity contribution in [2.24, 2.45) is 16.9 Å². The Morgan fingerprint density at radius 2 is 1.88 bits per heavy atom. The number of aryl methyl sites for hydroxylation is 1. The van der Waals surface area contributed by atoms with Crippen LogP contribution in [0.1, 0.15) is 79.7 Å². The predicted molar refractivity (Wildman–Crippen MR) is 128 cm³/mol. The molecule has 1 aromatic heterocycles. The van der Waals surface area contributed by atoms with E-state index < -0.39 is 29.3 Å². The number of aliphatic carboxylic acids is 1. The summed E-state index contributed by atoms with van der Waals surface area (Å²) in [5, 5.41) is 17.6. The minimum Gasteiger partial charge on any atom is -0.480 e. The van der Waals surface area contributed by atoms with Gasteiger partial charge in [-0.2, -0.15) is 5.10 Å². The van der Waals surface area contributed by atoms with Gasteiger partial charge in [0.1, 0.15) is 11.9 Å². The Morgan fingerprint density at radius 3 is 2.50 bits per heavy atom. The van der Waals surface area contributed by atoms with E-state index in [1.165, 1.54) is 11.6 Å². The van der Waals surface area contributed by atoms with Crippen molar-refractivity contribution in [2.45, 2.75) is 83.7 Å². The Hall–Kier alpha value is -2.94. The molecule has 6 N–H and O–H groups in total. The number of nitrogens with two attached hydrogens (primary N) is 2. The van der Waals surface area contributed by atoms with E-state index in [1.54, 1.807) is 10.7 Å². The molecule has 184 valence electrons. The first kappa shape index (κ1) is 24.2. The van der Waals surface area contributed by atoms with Crippen LogP contribution in [0.25, 0.3) is 5.69 Å². The lowest BCUT2D eigenvalue weighted by Crippen LogP contribution is -2.58. The number of hydrogen-bond donors (Lipinski definition) is 4. The van der Waals surface area contributed by atoms with E-state index in [9.17, 15) is 14.7 Å². The summed E-state index contributed by atoms with van der Waals surface area (Å²) in [6.07, 6.45) is 6.25. The smallest absolute Gasteiger partial charge is 0.322 e. The lowest BCUT2D eigenvalue weighted by molar-refractivity contribution is -0.140. The third-order valence-electron chi connectivity index (χ3n) is 7.55. The van der Waals surface area contributed by atoms with Crippen molar-refractivity contribution in [1.82, 2.24) is 9.78 Å². The maximum absolute atomic E-state index is 15.3. The van der Waals surface area contributed by atoms with Crippen molar-refractivity contribution in [2.75, 3.05) is 5.32 Å². The van der Waals surface area contributed by atoms with Crippen molar-refractivity contribution < 1.29 is 19.1 Å². The summed E-state index contributed by atoms with van der Waals surface area (Å²) in [4.78, 5) is 24.1. The molecule has 1 fully saturated rings. The summed E-state index contributed by atoms with van der Waals surface area (Å²) in [6, 6.07) is 1.69. The van der Waals surface area contributed by atoms with Crippen molar-refractivity contribution in [1.29, 1.82) is 0 Å². The summed E-state index contributed by atoms with van der Waals surface area (Å²) in [6.45, 7) is 6.35. The fourth-order valence-corrected chi connectivity index (χ4v) is 5.60. The van der Waals surface area contributed by atoms with E-state index in [0.29, 0.717) is 18.5 Å². The molecule has 2 aliphatic rings. The molecule has 1 saturated carbocycles. The second-order valence-electron chi connectivity index (χ2n) is 10.6. The summed E-state index contributed by atoms with van der Waals surface area (Å²) in [5.74, 6) is -2.86. The molecule has 2 aliphatic carbocycles. The van der Waals surface area contributed by atoms with Crippen molar-refractivity contribution in [3.05, 3.63) is 40.5 Å². The topological polar surface area (TPSA) is 136 Å². The fraction of sp³-hybridized carbons (Fsp3) is 0.560. The second-order valence-corrected chi connectivity index (χ2v) is 10.6. The number of anilines is 1. The molecule has 0 unspecified atom stereocenters. The van der Waals surface area contributed by atoms with Crippen LogP contribution in [0.15, 0.2) is 12.1 Å². The number of amides is 1.